The van der Waals surface area contributed by atoms with Crippen LogP contribution in [0.15, 0.2) is 42.5 Å². The zero-order chi connectivity index (χ0) is 19.2. The number of nitrogens with one attached hydrogen (secondary N) is 1. The summed E-state index contributed by atoms with van der Waals surface area (Å²) in [5.74, 6) is 0.400. The summed E-state index contributed by atoms with van der Waals surface area (Å²) >= 11 is 6.10. The van der Waals surface area contributed by atoms with Crippen LogP contribution in [0.25, 0.3) is 0 Å². The highest BCUT2D eigenvalue weighted by Gasteiger charge is 2.19. The fourth-order valence-corrected chi connectivity index (χ4v) is 3.30. The number of amides is 1. The first-order valence-corrected chi connectivity index (χ1v) is 9.24. The van der Waals surface area contributed by atoms with E-state index in [1.54, 1.807) is 13.2 Å². The second-order valence-corrected chi connectivity index (χ2v) is 6.97. The summed E-state index contributed by atoms with van der Waals surface area (Å²) in [6, 6.07) is 11.8. The molecule has 27 heavy (non-hydrogen) atoms. The summed E-state index contributed by atoms with van der Waals surface area (Å²) in [5, 5.41) is 3.36. The fourth-order valence-electron chi connectivity index (χ4n) is 3.07. The third-order valence-corrected chi connectivity index (χ3v) is 4.97. The predicted octanol–water partition coefficient (Wildman–Crippen LogP) is 3.24. The Labute approximate surface area is 163 Å². The number of piperazine rings is 1. The van der Waals surface area contributed by atoms with Crippen LogP contribution in [0.2, 0.25) is 5.02 Å². The number of anilines is 1. The molecule has 0 radical (unpaired) electrons. The standard InChI is InChI=1S/C20H23ClFN3O2/c1-27-18-6-4-17(5-7-18)23-20(26)14-25-10-8-24(9-11-25)13-15-2-3-16(22)12-19(15)21/h2-7,12H,8-11,13-14H2,1H3,(H,23,26). The minimum absolute atomic E-state index is 0.0322. The van der Waals surface area contributed by atoms with Crippen molar-refractivity contribution in [2.75, 3.05) is 45.2 Å². The number of methoxy groups -OCH3 is 1. The van der Waals surface area contributed by atoms with Gasteiger partial charge in [0.2, 0.25) is 5.91 Å². The number of halogens is 2. The molecule has 1 aliphatic heterocycles. The Hall–Kier alpha value is -2.15. The molecule has 0 aliphatic carbocycles. The Morgan fingerprint density at radius 1 is 1.11 bits per heavy atom. The number of carbonyl (C=O) groups is 1. The van der Waals surface area contributed by atoms with Gasteiger partial charge in [-0.05, 0) is 42.0 Å². The van der Waals surface area contributed by atoms with Crippen molar-refractivity contribution in [3.8, 4) is 5.75 Å². The van der Waals surface area contributed by atoms with Crippen LogP contribution in [-0.2, 0) is 11.3 Å². The first-order valence-electron chi connectivity index (χ1n) is 8.86. The Kier molecular flexibility index (Phi) is 6.66. The summed E-state index contributed by atoms with van der Waals surface area (Å²) in [7, 11) is 1.61. The summed E-state index contributed by atoms with van der Waals surface area (Å²) in [6.07, 6.45) is 0. The van der Waals surface area contributed by atoms with Crippen molar-refractivity contribution in [3.05, 3.63) is 58.9 Å². The van der Waals surface area contributed by atoms with Crippen LogP contribution in [0, 0.1) is 5.82 Å². The number of ether oxygens (including phenoxy) is 1. The molecular weight excluding hydrogens is 369 g/mol. The molecule has 3 rings (SSSR count). The highest BCUT2D eigenvalue weighted by Crippen LogP contribution is 2.20. The molecule has 0 aromatic heterocycles. The van der Waals surface area contributed by atoms with Crippen LogP contribution < -0.4 is 10.1 Å². The zero-order valence-electron chi connectivity index (χ0n) is 15.3. The zero-order valence-corrected chi connectivity index (χ0v) is 16.0. The molecule has 144 valence electrons. The lowest BCUT2D eigenvalue weighted by atomic mass is 10.2. The lowest BCUT2D eigenvalue weighted by Crippen LogP contribution is -2.48. The molecule has 2 aromatic carbocycles. The van der Waals surface area contributed by atoms with Gasteiger partial charge in [0.25, 0.3) is 0 Å². The SMILES string of the molecule is COc1ccc(NC(=O)CN2CCN(Cc3ccc(F)cc3Cl)CC2)cc1. The van der Waals surface area contributed by atoms with E-state index in [9.17, 15) is 9.18 Å². The molecule has 7 heteroatoms. The largest absolute Gasteiger partial charge is 0.497 e. The van der Waals surface area contributed by atoms with Crippen molar-refractivity contribution >= 4 is 23.2 Å². The normalized spacial score (nSPS) is 15.5. The van der Waals surface area contributed by atoms with Crippen LogP contribution in [0.1, 0.15) is 5.56 Å². The van der Waals surface area contributed by atoms with Gasteiger partial charge in [-0.2, -0.15) is 0 Å². The minimum atomic E-state index is -0.323. The van der Waals surface area contributed by atoms with Gasteiger partial charge in [-0.1, -0.05) is 17.7 Å². The van der Waals surface area contributed by atoms with Crippen molar-refractivity contribution in [3.63, 3.8) is 0 Å². The van der Waals surface area contributed by atoms with Crippen molar-refractivity contribution < 1.29 is 13.9 Å². The Balaban J connectivity index is 1.43. The molecule has 5 nitrogen and oxygen atoms in total. The Morgan fingerprint density at radius 3 is 2.41 bits per heavy atom. The average molecular weight is 392 g/mol. The number of benzene rings is 2. The second-order valence-electron chi connectivity index (χ2n) is 6.56. The molecule has 0 spiro atoms. The smallest absolute Gasteiger partial charge is 0.238 e. The van der Waals surface area contributed by atoms with E-state index in [0.717, 1.165) is 43.2 Å². The molecule has 1 heterocycles. The van der Waals surface area contributed by atoms with Gasteiger partial charge >= 0.3 is 0 Å². The van der Waals surface area contributed by atoms with E-state index in [4.69, 9.17) is 16.3 Å². The molecule has 1 N–H and O–H groups in total. The maximum atomic E-state index is 13.1. The third kappa shape index (κ3) is 5.66. The summed E-state index contributed by atoms with van der Waals surface area (Å²) < 4.78 is 18.3. The molecule has 1 aliphatic rings. The molecule has 1 saturated heterocycles. The highest BCUT2D eigenvalue weighted by atomic mass is 35.5. The van der Waals surface area contributed by atoms with Crippen LogP contribution in [0.5, 0.6) is 5.75 Å². The van der Waals surface area contributed by atoms with E-state index in [2.05, 4.69) is 15.1 Å². The number of hydrogen-bond acceptors (Lipinski definition) is 4. The Bertz CT molecular complexity index is 777. The van der Waals surface area contributed by atoms with Crippen LogP contribution in [0.3, 0.4) is 0 Å². The van der Waals surface area contributed by atoms with Gasteiger partial charge in [0.1, 0.15) is 11.6 Å². The number of carbonyl (C=O) groups excluding carboxylic acids is 1. The summed E-state index contributed by atoms with van der Waals surface area (Å²) in [5.41, 5.74) is 1.68. The van der Waals surface area contributed by atoms with Crippen LogP contribution in [0.4, 0.5) is 10.1 Å². The average Bonchev–Trinajstić information content (AvgIpc) is 2.66. The Morgan fingerprint density at radius 2 is 1.78 bits per heavy atom. The second kappa shape index (κ2) is 9.17. The maximum absolute atomic E-state index is 13.1. The predicted molar refractivity (Wildman–Crippen MR) is 105 cm³/mol. The van der Waals surface area contributed by atoms with E-state index in [0.29, 0.717) is 18.1 Å². The molecule has 1 amide bonds. The summed E-state index contributed by atoms with van der Waals surface area (Å²) in [4.78, 5) is 16.6. The minimum Gasteiger partial charge on any atom is -0.497 e. The third-order valence-electron chi connectivity index (χ3n) is 4.61. The quantitative estimate of drug-likeness (QED) is 0.821. The number of nitrogens with zero attached hydrogens (tertiary/aromatic N) is 2. The fraction of sp³-hybridized carbons (Fsp3) is 0.350. The lowest BCUT2D eigenvalue weighted by Gasteiger charge is -2.34. The molecule has 1 fully saturated rings. The van der Waals surface area contributed by atoms with Crippen molar-refractivity contribution in [2.45, 2.75) is 6.54 Å². The topological polar surface area (TPSA) is 44.8 Å². The highest BCUT2D eigenvalue weighted by molar-refractivity contribution is 6.31. The van der Waals surface area contributed by atoms with E-state index in [-0.39, 0.29) is 11.7 Å². The van der Waals surface area contributed by atoms with Gasteiger partial charge in [-0.25, -0.2) is 4.39 Å². The van der Waals surface area contributed by atoms with Gasteiger partial charge in [0.15, 0.2) is 0 Å². The van der Waals surface area contributed by atoms with Crippen molar-refractivity contribution in [2.24, 2.45) is 0 Å². The molecule has 0 saturated carbocycles. The van der Waals surface area contributed by atoms with Crippen molar-refractivity contribution in [1.29, 1.82) is 0 Å². The van der Waals surface area contributed by atoms with Crippen LogP contribution >= 0.6 is 11.6 Å². The van der Waals surface area contributed by atoms with Gasteiger partial charge in [-0.15, -0.1) is 0 Å². The molecular formula is C20H23ClFN3O2. The first-order chi connectivity index (χ1) is 13.0. The monoisotopic (exact) mass is 391 g/mol. The molecule has 2 aromatic rings. The first kappa shape index (κ1) is 19.6. The molecule has 0 atom stereocenters. The van der Waals surface area contributed by atoms with Gasteiger partial charge in [-0.3, -0.25) is 14.6 Å². The van der Waals surface area contributed by atoms with E-state index in [1.807, 2.05) is 24.3 Å². The maximum Gasteiger partial charge on any atom is 0.238 e. The van der Waals surface area contributed by atoms with Crippen molar-refractivity contribution in [1.82, 2.24) is 9.80 Å². The van der Waals surface area contributed by atoms with E-state index < -0.39 is 0 Å². The van der Waals surface area contributed by atoms with E-state index in [1.165, 1.54) is 12.1 Å². The number of hydrogen-bond donors (Lipinski definition) is 1. The molecule has 0 unspecified atom stereocenters. The van der Waals surface area contributed by atoms with Crippen LogP contribution in [-0.4, -0.2) is 55.5 Å². The van der Waals surface area contributed by atoms with Gasteiger partial charge in [0.05, 0.1) is 13.7 Å². The van der Waals surface area contributed by atoms with Gasteiger partial charge in [0, 0.05) is 43.4 Å². The lowest BCUT2D eigenvalue weighted by molar-refractivity contribution is -0.117. The molecule has 0 bridgehead atoms. The van der Waals surface area contributed by atoms with Gasteiger partial charge < -0.3 is 10.1 Å². The number of rotatable bonds is 6. The summed E-state index contributed by atoms with van der Waals surface area (Å²) in [6.45, 7) is 4.32. The van der Waals surface area contributed by atoms with E-state index >= 15 is 0 Å².